The molecule has 0 amide bonds. The highest BCUT2D eigenvalue weighted by molar-refractivity contribution is 4.90. The van der Waals surface area contributed by atoms with Crippen LogP contribution in [-0.4, -0.2) is 4.98 Å². The number of aromatic nitrogens is 2. The van der Waals surface area contributed by atoms with Gasteiger partial charge in [-0.15, -0.1) is 0 Å². The van der Waals surface area contributed by atoms with Crippen molar-refractivity contribution in [3.63, 3.8) is 0 Å². The Morgan fingerprint density at radius 2 is 0.943 bits per heavy atom. The van der Waals surface area contributed by atoms with Gasteiger partial charge >= 0.3 is 0 Å². The second-order valence-corrected chi connectivity index (χ2v) is 11.5. The van der Waals surface area contributed by atoms with Crippen molar-refractivity contribution in [3.05, 3.63) is 18.2 Å². The van der Waals surface area contributed by atoms with Gasteiger partial charge in [-0.05, 0) is 32.6 Å². The predicted molar refractivity (Wildman–Crippen MR) is 156 cm³/mol. The number of nitrogens with zero attached hydrogens (tertiary/aromatic N) is 1. The fourth-order valence-electron chi connectivity index (χ4n) is 5.71. The van der Waals surface area contributed by atoms with E-state index in [-0.39, 0.29) is 0 Å². The first-order valence-electron chi connectivity index (χ1n) is 16.3. The molecule has 0 fully saturated rings. The molecule has 2 nitrogen and oxygen atoms in total. The molecular formula is C33H65N2+. The smallest absolute Gasteiger partial charge is 0.247 e. The number of rotatable bonds is 26. The number of imidazole rings is 1. The maximum absolute atomic E-state index is 3.69. The summed E-state index contributed by atoms with van der Waals surface area (Å²) >= 11 is 0. The van der Waals surface area contributed by atoms with Crippen LogP contribution < -0.4 is 4.57 Å². The minimum Gasteiger partial charge on any atom is -0.247 e. The molecule has 35 heavy (non-hydrogen) atoms. The fraction of sp³-hybridized carbons (Fsp3) is 0.909. The second kappa shape index (κ2) is 23.6. The Labute approximate surface area is 221 Å². The van der Waals surface area contributed by atoms with Crippen LogP contribution in [0, 0.1) is 0 Å². The number of hydrogen-bond donors (Lipinski definition) is 1. The molecule has 1 aromatic heterocycles. The number of H-pyrrole nitrogens is 1. The van der Waals surface area contributed by atoms with Gasteiger partial charge < -0.3 is 0 Å². The van der Waals surface area contributed by atoms with Crippen molar-refractivity contribution in [2.24, 2.45) is 0 Å². The van der Waals surface area contributed by atoms with Gasteiger partial charge in [-0.25, -0.2) is 9.55 Å². The fourth-order valence-corrected chi connectivity index (χ4v) is 5.71. The lowest BCUT2D eigenvalue weighted by Crippen LogP contribution is -2.41. The lowest BCUT2D eigenvalue weighted by molar-refractivity contribution is -0.727. The molecule has 0 bridgehead atoms. The van der Waals surface area contributed by atoms with Crippen LogP contribution in [0.1, 0.15) is 200 Å². The SMILES string of the molecule is CCCCCCCCCCCCCC(CCCCCCCCCC)c1[nH]cc[n+]1C(C)CCCC. The molecule has 0 aromatic carbocycles. The quantitative estimate of drug-likeness (QED) is 0.0985. The summed E-state index contributed by atoms with van der Waals surface area (Å²) in [5, 5.41) is 0. The molecule has 0 spiro atoms. The van der Waals surface area contributed by atoms with Gasteiger partial charge in [-0.2, -0.15) is 0 Å². The van der Waals surface area contributed by atoms with E-state index in [1.54, 1.807) is 0 Å². The van der Waals surface area contributed by atoms with E-state index in [0.717, 1.165) is 0 Å². The zero-order valence-electron chi connectivity index (χ0n) is 24.7. The summed E-state index contributed by atoms with van der Waals surface area (Å²) in [4.78, 5) is 3.69. The lowest BCUT2D eigenvalue weighted by atomic mass is 9.92. The van der Waals surface area contributed by atoms with Crippen molar-refractivity contribution in [1.82, 2.24) is 4.98 Å². The van der Waals surface area contributed by atoms with Crippen molar-refractivity contribution < 1.29 is 4.57 Å². The maximum atomic E-state index is 3.69. The predicted octanol–water partition coefficient (Wildman–Crippen LogP) is 11.4. The van der Waals surface area contributed by atoms with E-state index in [0.29, 0.717) is 12.0 Å². The molecule has 0 saturated carbocycles. The first kappa shape index (κ1) is 32.2. The molecular weight excluding hydrogens is 424 g/mol. The van der Waals surface area contributed by atoms with Crippen LogP contribution in [0.5, 0.6) is 0 Å². The highest BCUT2D eigenvalue weighted by Gasteiger charge is 2.25. The van der Waals surface area contributed by atoms with E-state index in [1.165, 1.54) is 160 Å². The molecule has 0 aliphatic rings. The Morgan fingerprint density at radius 1 is 0.543 bits per heavy atom. The molecule has 0 aliphatic carbocycles. The minimum atomic E-state index is 0.620. The Bertz CT molecular complexity index is 549. The Hall–Kier alpha value is -0.790. The van der Waals surface area contributed by atoms with Crippen LogP contribution in [-0.2, 0) is 0 Å². The Balaban J connectivity index is 2.39. The average molecular weight is 490 g/mol. The van der Waals surface area contributed by atoms with Crippen molar-refractivity contribution in [2.45, 2.75) is 194 Å². The maximum Gasteiger partial charge on any atom is 0.257 e. The Kier molecular flexibility index (Phi) is 21.7. The number of hydrogen-bond acceptors (Lipinski definition) is 0. The number of nitrogens with one attached hydrogen (secondary N) is 1. The molecule has 1 aromatic rings. The first-order valence-corrected chi connectivity index (χ1v) is 16.3. The zero-order valence-corrected chi connectivity index (χ0v) is 24.7. The van der Waals surface area contributed by atoms with Gasteiger partial charge in [0.05, 0.1) is 12.0 Å². The van der Waals surface area contributed by atoms with Gasteiger partial charge in [0.1, 0.15) is 12.4 Å². The van der Waals surface area contributed by atoms with Crippen LogP contribution >= 0.6 is 0 Å². The van der Waals surface area contributed by atoms with Crippen LogP contribution in [0.4, 0.5) is 0 Å². The van der Waals surface area contributed by atoms with Crippen LogP contribution in [0.15, 0.2) is 12.4 Å². The van der Waals surface area contributed by atoms with Crippen LogP contribution in [0.25, 0.3) is 0 Å². The van der Waals surface area contributed by atoms with Crippen molar-refractivity contribution in [2.75, 3.05) is 0 Å². The molecule has 2 atom stereocenters. The summed E-state index contributed by atoms with van der Waals surface area (Å²) in [6.45, 7) is 9.35. The van der Waals surface area contributed by atoms with Gasteiger partial charge in [-0.1, -0.05) is 149 Å². The molecule has 206 valence electrons. The van der Waals surface area contributed by atoms with E-state index in [4.69, 9.17) is 0 Å². The lowest BCUT2D eigenvalue weighted by Gasteiger charge is -2.17. The molecule has 0 radical (unpaired) electrons. The van der Waals surface area contributed by atoms with Gasteiger partial charge in [-0.3, -0.25) is 0 Å². The number of aromatic amines is 1. The largest absolute Gasteiger partial charge is 0.257 e. The summed E-state index contributed by atoms with van der Waals surface area (Å²) in [5.41, 5.74) is 0. The zero-order chi connectivity index (χ0) is 25.4. The summed E-state index contributed by atoms with van der Waals surface area (Å²) in [6, 6.07) is 0.620. The molecule has 1 heterocycles. The molecule has 2 unspecified atom stereocenters. The summed E-state index contributed by atoms with van der Waals surface area (Å²) in [7, 11) is 0. The van der Waals surface area contributed by atoms with Gasteiger partial charge in [0, 0.05) is 0 Å². The molecule has 1 N–H and O–H groups in total. The minimum absolute atomic E-state index is 0.620. The van der Waals surface area contributed by atoms with E-state index in [1.807, 2.05) is 0 Å². The number of unbranched alkanes of at least 4 members (excludes halogenated alkanes) is 18. The molecule has 0 aliphatic heterocycles. The second-order valence-electron chi connectivity index (χ2n) is 11.5. The Morgan fingerprint density at radius 3 is 1.37 bits per heavy atom. The van der Waals surface area contributed by atoms with Gasteiger partial charge in [0.15, 0.2) is 0 Å². The highest BCUT2D eigenvalue weighted by atomic mass is 15.1. The summed E-state index contributed by atoms with van der Waals surface area (Å²) in [6.07, 6.45) is 38.4. The third-order valence-corrected chi connectivity index (χ3v) is 8.14. The average Bonchev–Trinajstić information content (AvgIpc) is 3.36. The van der Waals surface area contributed by atoms with Crippen molar-refractivity contribution in [3.8, 4) is 0 Å². The van der Waals surface area contributed by atoms with Crippen molar-refractivity contribution in [1.29, 1.82) is 0 Å². The van der Waals surface area contributed by atoms with Gasteiger partial charge in [0.2, 0.25) is 0 Å². The van der Waals surface area contributed by atoms with E-state index in [9.17, 15) is 0 Å². The van der Waals surface area contributed by atoms with Crippen LogP contribution in [0.3, 0.4) is 0 Å². The van der Waals surface area contributed by atoms with E-state index >= 15 is 0 Å². The molecule has 1 rings (SSSR count). The van der Waals surface area contributed by atoms with E-state index < -0.39 is 0 Å². The highest BCUT2D eigenvalue weighted by Crippen LogP contribution is 2.27. The third kappa shape index (κ3) is 16.6. The van der Waals surface area contributed by atoms with Crippen molar-refractivity contribution >= 4 is 0 Å². The monoisotopic (exact) mass is 490 g/mol. The van der Waals surface area contributed by atoms with Crippen LogP contribution in [0.2, 0.25) is 0 Å². The topological polar surface area (TPSA) is 19.7 Å². The van der Waals surface area contributed by atoms with E-state index in [2.05, 4.69) is 49.6 Å². The third-order valence-electron chi connectivity index (χ3n) is 8.14. The first-order chi connectivity index (χ1) is 17.2. The molecule has 0 saturated heterocycles. The summed E-state index contributed by atoms with van der Waals surface area (Å²) < 4.78 is 2.59. The van der Waals surface area contributed by atoms with Gasteiger partial charge in [0.25, 0.3) is 5.82 Å². The normalized spacial score (nSPS) is 13.4. The summed E-state index contributed by atoms with van der Waals surface area (Å²) in [5.74, 6) is 2.23. The molecule has 2 heteroatoms. The standard InChI is InChI=1S/C33H64N2/c1-5-8-11-13-15-17-18-19-21-23-25-28-32(27-24-22-20-16-14-12-9-6-2)33-34-29-30-35(33)31(4)26-10-7-3/h29-32H,5-28H2,1-4H3/p+1.